The van der Waals surface area contributed by atoms with E-state index in [1.165, 1.54) is 0 Å². The quantitative estimate of drug-likeness (QED) is 0.657. The summed E-state index contributed by atoms with van der Waals surface area (Å²) in [5.74, 6) is 0.0370. The number of nitrogens with one attached hydrogen (secondary N) is 2. The fourth-order valence-corrected chi connectivity index (χ4v) is 2.11. The molecule has 1 atom stereocenters. The number of carbonyl (C=O) groups is 2. The largest absolute Gasteiger partial charge is 0.353 e. The molecule has 2 amide bonds. The Morgan fingerprint density at radius 1 is 1.31 bits per heavy atom. The Kier molecular flexibility index (Phi) is 5.02. The molecule has 0 aromatic rings. The molecule has 0 saturated carbocycles. The maximum absolute atomic E-state index is 12.0. The minimum atomic E-state index is -0.0651. The second kappa shape index (κ2) is 6.06. The van der Waals surface area contributed by atoms with Crippen LogP contribution in [-0.2, 0) is 9.59 Å². The highest BCUT2D eigenvalue weighted by Crippen LogP contribution is 2.10. The van der Waals surface area contributed by atoms with Gasteiger partial charge in [0.1, 0.15) is 0 Å². The Labute approximate surface area is 101 Å². The van der Waals surface area contributed by atoms with Crippen LogP contribution in [0, 0.1) is 0 Å². The van der Waals surface area contributed by atoms with Gasteiger partial charge in [-0.2, -0.15) is 0 Å². The Hall–Kier alpha value is -0.810. The SMILES string of the molecule is Cl.O=C1CN(C(=O)[C@@H]2CCCCN2)CCN1. The van der Waals surface area contributed by atoms with Gasteiger partial charge in [0, 0.05) is 13.1 Å². The van der Waals surface area contributed by atoms with Crippen molar-refractivity contribution in [1.82, 2.24) is 15.5 Å². The van der Waals surface area contributed by atoms with Crippen molar-refractivity contribution < 1.29 is 9.59 Å². The van der Waals surface area contributed by atoms with Gasteiger partial charge in [0.15, 0.2) is 0 Å². The minimum Gasteiger partial charge on any atom is -0.353 e. The van der Waals surface area contributed by atoms with Gasteiger partial charge in [0.2, 0.25) is 11.8 Å². The molecular weight excluding hydrogens is 230 g/mol. The number of halogens is 1. The van der Waals surface area contributed by atoms with Crippen LogP contribution in [0.25, 0.3) is 0 Å². The summed E-state index contributed by atoms with van der Waals surface area (Å²) in [6, 6.07) is -0.0651. The van der Waals surface area contributed by atoms with Crippen molar-refractivity contribution in [2.24, 2.45) is 0 Å². The molecule has 2 fully saturated rings. The Morgan fingerprint density at radius 2 is 2.12 bits per heavy atom. The van der Waals surface area contributed by atoms with Crippen molar-refractivity contribution >= 4 is 24.2 Å². The topological polar surface area (TPSA) is 61.4 Å². The molecular formula is C10H18ClN3O2. The van der Waals surface area contributed by atoms with E-state index in [0.29, 0.717) is 13.1 Å². The van der Waals surface area contributed by atoms with Gasteiger partial charge in [0.25, 0.3) is 0 Å². The van der Waals surface area contributed by atoms with Gasteiger partial charge in [-0.15, -0.1) is 12.4 Å². The van der Waals surface area contributed by atoms with Gasteiger partial charge in [0.05, 0.1) is 12.6 Å². The van der Waals surface area contributed by atoms with E-state index in [0.717, 1.165) is 25.8 Å². The highest BCUT2D eigenvalue weighted by Gasteiger charge is 2.28. The van der Waals surface area contributed by atoms with Gasteiger partial charge < -0.3 is 15.5 Å². The van der Waals surface area contributed by atoms with Gasteiger partial charge in [-0.1, -0.05) is 6.42 Å². The lowest BCUT2D eigenvalue weighted by Crippen LogP contribution is -2.55. The average Bonchev–Trinajstić information content (AvgIpc) is 2.29. The van der Waals surface area contributed by atoms with Gasteiger partial charge >= 0.3 is 0 Å². The average molecular weight is 248 g/mol. The third-order valence-electron chi connectivity index (χ3n) is 2.96. The van der Waals surface area contributed by atoms with Crippen molar-refractivity contribution in [3.8, 4) is 0 Å². The second-order valence-electron chi connectivity index (χ2n) is 4.11. The third-order valence-corrected chi connectivity index (χ3v) is 2.96. The zero-order valence-electron chi connectivity index (χ0n) is 9.20. The smallest absolute Gasteiger partial charge is 0.240 e. The number of nitrogens with zero attached hydrogens (tertiary/aromatic N) is 1. The van der Waals surface area contributed by atoms with Crippen molar-refractivity contribution in [1.29, 1.82) is 0 Å². The van der Waals surface area contributed by atoms with Crippen LogP contribution in [0.1, 0.15) is 19.3 Å². The van der Waals surface area contributed by atoms with E-state index in [4.69, 9.17) is 0 Å². The number of rotatable bonds is 1. The molecule has 2 aliphatic rings. The number of hydrogen-bond donors (Lipinski definition) is 2. The van der Waals surface area contributed by atoms with E-state index in [1.807, 2.05) is 0 Å². The van der Waals surface area contributed by atoms with Crippen LogP contribution in [-0.4, -0.2) is 48.9 Å². The van der Waals surface area contributed by atoms with Crippen LogP contribution in [0.3, 0.4) is 0 Å². The molecule has 2 heterocycles. The van der Waals surface area contributed by atoms with Crippen LogP contribution >= 0.6 is 12.4 Å². The number of amides is 2. The fraction of sp³-hybridized carbons (Fsp3) is 0.800. The maximum atomic E-state index is 12.0. The molecule has 0 aromatic carbocycles. The van der Waals surface area contributed by atoms with E-state index in [9.17, 15) is 9.59 Å². The number of hydrogen-bond acceptors (Lipinski definition) is 3. The summed E-state index contributed by atoms with van der Waals surface area (Å²) in [5, 5.41) is 5.92. The summed E-state index contributed by atoms with van der Waals surface area (Å²) < 4.78 is 0. The third kappa shape index (κ3) is 3.09. The molecule has 0 aliphatic carbocycles. The van der Waals surface area contributed by atoms with Gasteiger partial charge in [-0.05, 0) is 19.4 Å². The Balaban J connectivity index is 0.00000128. The predicted molar refractivity (Wildman–Crippen MR) is 62.5 cm³/mol. The van der Waals surface area contributed by atoms with Gasteiger partial charge in [-0.3, -0.25) is 9.59 Å². The molecule has 2 saturated heterocycles. The Bertz CT molecular complexity index is 267. The first-order valence-electron chi connectivity index (χ1n) is 5.56. The summed E-state index contributed by atoms with van der Waals surface area (Å²) in [6.07, 6.45) is 3.14. The summed E-state index contributed by atoms with van der Waals surface area (Å²) in [6.45, 7) is 2.35. The summed E-state index contributed by atoms with van der Waals surface area (Å²) in [5.41, 5.74) is 0. The minimum absolute atomic E-state index is 0. The van der Waals surface area contributed by atoms with Gasteiger partial charge in [-0.25, -0.2) is 0 Å². The molecule has 6 heteroatoms. The molecule has 2 rings (SSSR count). The monoisotopic (exact) mass is 247 g/mol. The highest BCUT2D eigenvalue weighted by molar-refractivity contribution is 5.88. The zero-order chi connectivity index (χ0) is 10.7. The molecule has 2 aliphatic heterocycles. The first kappa shape index (κ1) is 13.3. The van der Waals surface area contributed by atoms with E-state index in [1.54, 1.807) is 4.90 Å². The molecule has 0 spiro atoms. The number of carbonyl (C=O) groups excluding carboxylic acids is 2. The second-order valence-corrected chi connectivity index (χ2v) is 4.11. The van der Waals surface area contributed by atoms with Crippen molar-refractivity contribution in [3.63, 3.8) is 0 Å². The number of piperazine rings is 1. The zero-order valence-corrected chi connectivity index (χ0v) is 10.0. The molecule has 16 heavy (non-hydrogen) atoms. The normalized spacial score (nSPS) is 25.6. The lowest BCUT2D eigenvalue weighted by Gasteiger charge is -2.32. The van der Waals surface area contributed by atoms with Crippen LogP contribution in [0.4, 0.5) is 0 Å². The molecule has 0 bridgehead atoms. The number of piperidine rings is 1. The van der Waals surface area contributed by atoms with Crippen molar-refractivity contribution in [3.05, 3.63) is 0 Å². The molecule has 92 valence electrons. The molecule has 2 N–H and O–H groups in total. The van der Waals surface area contributed by atoms with Crippen molar-refractivity contribution in [2.45, 2.75) is 25.3 Å². The predicted octanol–water partition coefficient (Wildman–Crippen LogP) is -0.491. The maximum Gasteiger partial charge on any atom is 0.240 e. The van der Waals surface area contributed by atoms with Crippen LogP contribution in [0.5, 0.6) is 0 Å². The summed E-state index contributed by atoms with van der Waals surface area (Å²) in [7, 11) is 0. The van der Waals surface area contributed by atoms with Crippen LogP contribution in [0.15, 0.2) is 0 Å². The summed E-state index contributed by atoms with van der Waals surface area (Å²) in [4.78, 5) is 24.8. The van der Waals surface area contributed by atoms with E-state index >= 15 is 0 Å². The molecule has 0 unspecified atom stereocenters. The molecule has 0 radical (unpaired) electrons. The first-order chi connectivity index (χ1) is 7.27. The first-order valence-corrected chi connectivity index (χ1v) is 5.56. The highest BCUT2D eigenvalue weighted by atomic mass is 35.5. The van der Waals surface area contributed by atoms with E-state index < -0.39 is 0 Å². The van der Waals surface area contributed by atoms with Crippen LogP contribution in [0.2, 0.25) is 0 Å². The Morgan fingerprint density at radius 3 is 2.75 bits per heavy atom. The lowest BCUT2D eigenvalue weighted by molar-refractivity contribution is -0.140. The standard InChI is InChI=1S/C10H17N3O2.ClH/c14-9-7-13(6-5-12-9)10(15)8-3-1-2-4-11-8;/h8,11H,1-7H2,(H,12,14);1H/t8-;/m0./s1. The fourth-order valence-electron chi connectivity index (χ4n) is 2.11. The van der Waals surface area contributed by atoms with E-state index in [-0.39, 0.29) is 36.8 Å². The lowest BCUT2D eigenvalue weighted by atomic mass is 10.0. The van der Waals surface area contributed by atoms with Crippen molar-refractivity contribution in [2.75, 3.05) is 26.2 Å². The van der Waals surface area contributed by atoms with Crippen LogP contribution < -0.4 is 10.6 Å². The van der Waals surface area contributed by atoms with E-state index in [2.05, 4.69) is 10.6 Å². The summed E-state index contributed by atoms with van der Waals surface area (Å²) >= 11 is 0. The molecule has 5 nitrogen and oxygen atoms in total. The molecule has 0 aromatic heterocycles.